The second-order valence-electron chi connectivity index (χ2n) is 6.10. The highest BCUT2D eigenvalue weighted by atomic mass is 32.2. The third kappa shape index (κ3) is 3.71. The molecule has 0 amide bonds. The zero-order chi connectivity index (χ0) is 17.0. The van der Waals surface area contributed by atoms with Crippen molar-refractivity contribution < 1.29 is 13.2 Å². The van der Waals surface area contributed by atoms with E-state index in [1.165, 1.54) is 0 Å². The minimum absolute atomic E-state index is 0.310. The molecule has 1 fully saturated rings. The molecular formula is C18H24N2O3S. The van der Waals surface area contributed by atoms with Gasteiger partial charge < -0.3 is 10.1 Å². The average molecular weight is 348 g/mol. The highest BCUT2D eigenvalue weighted by Crippen LogP contribution is 2.31. The lowest BCUT2D eigenvalue weighted by molar-refractivity contribution is 0.344. The Morgan fingerprint density at radius 2 is 2.00 bits per heavy atom. The van der Waals surface area contributed by atoms with Gasteiger partial charge in [-0.25, -0.2) is 13.1 Å². The topological polar surface area (TPSA) is 67.4 Å². The van der Waals surface area contributed by atoms with Gasteiger partial charge in [-0.3, -0.25) is 0 Å². The molecule has 1 saturated heterocycles. The van der Waals surface area contributed by atoms with Crippen LogP contribution in [0.25, 0.3) is 10.8 Å². The van der Waals surface area contributed by atoms with Crippen molar-refractivity contribution in [1.29, 1.82) is 0 Å². The first-order valence-electron chi connectivity index (χ1n) is 8.46. The van der Waals surface area contributed by atoms with Gasteiger partial charge in [-0.05, 0) is 50.9 Å². The fraction of sp³-hybridized carbons (Fsp3) is 0.444. The highest BCUT2D eigenvalue weighted by molar-refractivity contribution is 7.89. The largest absolute Gasteiger partial charge is 0.493 e. The number of ether oxygens (including phenoxy) is 1. The molecule has 2 N–H and O–H groups in total. The van der Waals surface area contributed by atoms with Gasteiger partial charge in [-0.2, -0.15) is 0 Å². The first-order valence-corrected chi connectivity index (χ1v) is 9.95. The number of hydrogen-bond acceptors (Lipinski definition) is 4. The van der Waals surface area contributed by atoms with Crippen LogP contribution in [0.3, 0.4) is 0 Å². The van der Waals surface area contributed by atoms with E-state index in [9.17, 15) is 8.42 Å². The Hall–Kier alpha value is -1.63. The van der Waals surface area contributed by atoms with Crippen molar-refractivity contribution in [2.24, 2.45) is 5.92 Å². The maximum atomic E-state index is 12.8. The number of nitrogens with one attached hydrogen (secondary N) is 2. The summed E-state index contributed by atoms with van der Waals surface area (Å²) in [5.74, 6) is 1.06. The van der Waals surface area contributed by atoms with Crippen LogP contribution < -0.4 is 14.8 Å². The van der Waals surface area contributed by atoms with Crippen LogP contribution >= 0.6 is 0 Å². The minimum atomic E-state index is -3.55. The van der Waals surface area contributed by atoms with Gasteiger partial charge in [0.15, 0.2) is 0 Å². The Balaban J connectivity index is 1.88. The maximum Gasteiger partial charge on any atom is 0.241 e. The molecule has 2 aromatic rings. The van der Waals surface area contributed by atoms with Gasteiger partial charge in [0.05, 0.1) is 11.5 Å². The summed E-state index contributed by atoms with van der Waals surface area (Å²) in [7, 11) is -3.55. The van der Waals surface area contributed by atoms with Gasteiger partial charge in [0, 0.05) is 17.3 Å². The van der Waals surface area contributed by atoms with Crippen molar-refractivity contribution in [3.8, 4) is 5.75 Å². The molecule has 3 rings (SSSR count). The molecule has 1 atom stereocenters. The second kappa shape index (κ2) is 7.51. The van der Waals surface area contributed by atoms with Gasteiger partial charge in [0.1, 0.15) is 5.75 Å². The minimum Gasteiger partial charge on any atom is -0.493 e. The molecule has 0 aromatic heterocycles. The predicted molar refractivity (Wildman–Crippen MR) is 95.9 cm³/mol. The summed E-state index contributed by atoms with van der Waals surface area (Å²) < 4.78 is 34.0. The molecule has 0 radical (unpaired) electrons. The van der Waals surface area contributed by atoms with E-state index in [0.29, 0.717) is 35.1 Å². The summed E-state index contributed by atoms with van der Waals surface area (Å²) in [5.41, 5.74) is 0. The van der Waals surface area contributed by atoms with Gasteiger partial charge in [-0.15, -0.1) is 0 Å². The smallest absolute Gasteiger partial charge is 0.241 e. The normalized spacial score (nSPS) is 18.6. The van der Waals surface area contributed by atoms with E-state index in [1.54, 1.807) is 12.1 Å². The van der Waals surface area contributed by atoms with Gasteiger partial charge in [0.25, 0.3) is 0 Å². The van der Waals surface area contributed by atoms with Gasteiger partial charge in [0.2, 0.25) is 10.0 Å². The number of sulfonamides is 1. The molecule has 1 unspecified atom stereocenters. The number of fused-ring (bicyclic) bond motifs is 1. The number of benzene rings is 2. The molecule has 6 heteroatoms. The van der Waals surface area contributed by atoms with Crippen molar-refractivity contribution in [1.82, 2.24) is 10.0 Å². The van der Waals surface area contributed by atoms with Crippen LogP contribution in [0.5, 0.6) is 5.75 Å². The highest BCUT2D eigenvalue weighted by Gasteiger charge is 2.21. The van der Waals surface area contributed by atoms with Crippen molar-refractivity contribution >= 4 is 20.8 Å². The molecule has 2 aromatic carbocycles. The fourth-order valence-corrected chi connectivity index (χ4v) is 4.49. The van der Waals surface area contributed by atoms with Crippen LogP contribution in [0.2, 0.25) is 0 Å². The Morgan fingerprint density at radius 3 is 2.71 bits per heavy atom. The Bertz CT molecular complexity index is 799. The van der Waals surface area contributed by atoms with Crippen molar-refractivity contribution in [2.75, 3.05) is 26.2 Å². The average Bonchev–Trinajstić information content (AvgIpc) is 2.61. The van der Waals surface area contributed by atoms with Crippen LogP contribution in [0.4, 0.5) is 0 Å². The summed E-state index contributed by atoms with van der Waals surface area (Å²) in [6.07, 6.45) is 2.15. The van der Waals surface area contributed by atoms with E-state index in [1.807, 2.05) is 31.2 Å². The summed E-state index contributed by atoms with van der Waals surface area (Å²) in [6, 6.07) is 10.8. The molecule has 0 saturated carbocycles. The SMILES string of the molecule is CCOc1ccc(S(=O)(=O)NCC2CCCNC2)c2ccccc12. The molecule has 0 bridgehead atoms. The third-order valence-corrected chi connectivity index (χ3v) is 5.88. The van der Waals surface area contributed by atoms with Crippen molar-refractivity contribution in [3.63, 3.8) is 0 Å². The molecule has 1 heterocycles. The zero-order valence-electron chi connectivity index (χ0n) is 13.9. The summed E-state index contributed by atoms with van der Waals surface area (Å²) >= 11 is 0. The Kier molecular flexibility index (Phi) is 5.38. The van der Waals surface area contributed by atoms with Crippen LogP contribution in [0, 0.1) is 5.92 Å². The zero-order valence-corrected chi connectivity index (χ0v) is 14.7. The second-order valence-corrected chi connectivity index (χ2v) is 7.84. The van der Waals surface area contributed by atoms with E-state index in [2.05, 4.69) is 10.0 Å². The van der Waals surface area contributed by atoms with Gasteiger partial charge in [-0.1, -0.05) is 24.3 Å². The standard InChI is InChI=1S/C18H24N2O3S/c1-2-23-17-9-10-18(16-8-4-3-7-15(16)17)24(21,22)20-13-14-6-5-11-19-12-14/h3-4,7-10,14,19-20H,2,5-6,11-13H2,1H3. The molecule has 0 aliphatic carbocycles. The molecule has 0 spiro atoms. The van der Waals surface area contributed by atoms with Gasteiger partial charge >= 0.3 is 0 Å². The van der Waals surface area contributed by atoms with Crippen molar-refractivity contribution in [3.05, 3.63) is 36.4 Å². The summed E-state index contributed by atoms with van der Waals surface area (Å²) in [5, 5.41) is 4.82. The lowest BCUT2D eigenvalue weighted by Gasteiger charge is -2.23. The fourth-order valence-electron chi connectivity index (χ4n) is 3.16. The van der Waals surface area contributed by atoms with Crippen LogP contribution in [-0.4, -0.2) is 34.7 Å². The number of piperidine rings is 1. The molecule has 1 aliphatic rings. The quantitative estimate of drug-likeness (QED) is 0.842. The van der Waals surface area contributed by atoms with E-state index in [-0.39, 0.29) is 0 Å². The third-order valence-electron chi connectivity index (χ3n) is 4.39. The van der Waals surface area contributed by atoms with E-state index in [0.717, 1.165) is 31.3 Å². The lowest BCUT2D eigenvalue weighted by Crippen LogP contribution is -2.38. The summed E-state index contributed by atoms with van der Waals surface area (Å²) in [4.78, 5) is 0.310. The maximum absolute atomic E-state index is 12.8. The molecule has 24 heavy (non-hydrogen) atoms. The lowest BCUT2D eigenvalue weighted by atomic mass is 10.0. The van der Waals surface area contributed by atoms with Crippen LogP contribution in [0.15, 0.2) is 41.3 Å². The Morgan fingerprint density at radius 1 is 1.21 bits per heavy atom. The van der Waals surface area contributed by atoms with Crippen LogP contribution in [0.1, 0.15) is 19.8 Å². The molecule has 130 valence electrons. The monoisotopic (exact) mass is 348 g/mol. The molecular weight excluding hydrogens is 324 g/mol. The first-order chi connectivity index (χ1) is 11.6. The first kappa shape index (κ1) is 17.2. The Labute approximate surface area is 143 Å². The number of hydrogen-bond donors (Lipinski definition) is 2. The molecule has 1 aliphatic heterocycles. The van der Waals surface area contributed by atoms with Crippen LogP contribution in [-0.2, 0) is 10.0 Å². The summed E-state index contributed by atoms with van der Waals surface area (Å²) in [6.45, 7) is 4.82. The van der Waals surface area contributed by atoms with E-state index >= 15 is 0 Å². The predicted octanol–water partition coefficient (Wildman–Crippen LogP) is 2.52. The molecule has 5 nitrogen and oxygen atoms in total. The van der Waals surface area contributed by atoms with Crippen molar-refractivity contribution in [2.45, 2.75) is 24.7 Å². The van der Waals surface area contributed by atoms with E-state index < -0.39 is 10.0 Å². The van der Waals surface area contributed by atoms with E-state index in [4.69, 9.17) is 4.74 Å². The number of rotatable bonds is 6.